The van der Waals surface area contributed by atoms with Gasteiger partial charge >= 0.3 is 12.0 Å². The third-order valence-electron chi connectivity index (χ3n) is 3.25. The van der Waals surface area contributed by atoms with Crippen molar-refractivity contribution in [1.82, 2.24) is 15.3 Å². The molecule has 0 fully saturated rings. The van der Waals surface area contributed by atoms with E-state index < -0.39 is 12.0 Å². The number of ether oxygens (including phenoxy) is 1. The predicted molar refractivity (Wildman–Crippen MR) is 89.8 cm³/mol. The predicted octanol–water partition coefficient (Wildman–Crippen LogP) is 2.41. The summed E-state index contributed by atoms with van der Waals surface area (Å²) in [7, 11) is 0. The van der Waals surface area contributed by atoms with Gasteiger partial charge in [-0.3, -0.25) is 9.78 Å². The minimum atomic E-state index is -0.698. The summed E-state index contributed by atoms with van der Waals surface area (Å²) in [5.41, 5.74) is 1.50. The third-order valence-corrected chi connectivity index (χ3v) is 3.25. The van der Waals surface area contributed by atoms with E-state index in [2.05, 4.69) is 15.6 Å². The van der Waals surface area contributed by atoms with Gasteiger partial charge in [-0.15, -0.1) is 4.91 Å². The molecule has 2 rings (SSSR count). The zero-order valence-electron chi connectivity index (χ0n) is 13.5. The number of benzene rings is 1. The van der Waals surface area contributed by atoms with Crippen molar-refractivity contribution < 1.29 is 14.3 Å². The molecule has 0 saturated heterocycles. The third kappa shape index (κ3) is 6.38. The Balaban J connectivity index is 1.72. The van der Waals surface area contributed by atoms with Gasteiger partial charge in [0.25, 0.3) is 0 Å². The van der Waals surface area contributed by atoms with Gasteiger partial charge in [0, 0.05) is 6.20 Å². The van der Waals surface area contributed by atoms with Gasteiger partial charge in [-0.2, -0.15) is 5.01 Å². The molecule has 0 aliphatic rings. The second-order valence-electron chi connectivity index (χ2n) is 5.08. The number of nitroso groups, excluding NO2 is 1. The zero-order chi connectivity index (χ0) is 17.9. The van der Waals surface area contributed by atoms with Crippen LogP contribution in [0.2, 0.25) is 0 Å². The maximum absolute atomic E-state index is 11.9. The molecule has 0 bridgehead atoms. The lowest BCUT2D eigenvalue weighted by Gasteiger charge is -2.14. The van der Waals surface area contributed by atoms with E-state index in [-0.39, 0.29) is 26.1 Å². The highest BCUT2D eigenvalue weighted by Crippen LogP contribution is 2.03. The van der Waals surface area contributed by atoms with Crippen LogP contribution in [0.15, 0.2) is 60.0 Å². The number of pyridine rings is 1. The number of urea groups is 1. The number of nitrogens with zero attached hydrogens (tertiary/aromatic N) is 3. The molecule has 0 unspecified atom stereocenters. The van der Waals surface area contributed by atoms with Crippen LogP contribution in [0.5, 0.6) is 0 Å². The lowest BCUT2D eigenvalue weighted by atomic mass is 10.2. The SMILES string of the molecule is O=NN(CCC(=O)OCc1ccccc1)C(=O)NCc1ccccn1. The Labute approximate surface area is 144 Å². The summed E-state index contributed by atoms with van der Waals surface area (Å²) in [6.07, 6.45) is 1.47. The second kappa shape index (κ2) is 9.76. The van der Waals surface area contributed by atoms with Crippen molar-refractivity contribution in [2.24, 2.45) is 5.29 Å². The van der Waals surface area contributed by atoms with Crippen LogP contribution in [-0.4, -0.2) is 28.5 Å². The van der Waals surface area contributed by atoms with Crippen molar-refractivity contribution in [2.45, 2.75) is 19.6 Å². The number of carbonyl (C=O) groups is 2. The first-order valence-electron chi connectivity index (χ1n) is 7.67. The van der Waals surface area contributed by atoms with E-state index in [1.54, 1.807) is 24.4 Å². The fraction of sp³-hybridized carbons (Fsp3) is 0.235. The maximum Gasteiger partial charge on any atom is 0.340 e. The molecule has 1 aromatic heterocycles. The first-order valence-corrected chi connectivity index (χ1v) is 7.67. The van der Waals surface area contributed by atoms with E-state index in [9.17, 15) is 14.5 Å². The number of hydrogen-bond acceptors (Lipinski definition) is 6. The van der Waals surface area contributed by atoms with Crippen LogP contribution < -0.4 is 5.32 Å². The average Bonchev–Trinajstić information content (AvgIpc) is 2.67. The standard InChI is InChI=1S/C17H18N4O4/c22-16(25-13-14-6-2-1-3-7-14)9-11-21(20-24)17(23)19-12-15-8-4-5-10-18-15/h1-8,10H,9,11-13H2,(H,19,23). The summed E-state index contributed by atoms with van der Waals surface area (Å²) in [5, 5.41) is 5.79. The van der Waals surface area contributed by atoms with Crippen LogP contribution >= 0.6 is 0 Å². The van der Waals surface area contributed by atoms with Gasteiger partial charge in [-0.1, -0.05) is 36.4 Å². The van der Waals surface area contributed by atoms with Gasteiger partial charge in [0.2, 0.25) is 0 Å². The highest BCUT2D eigenvalue weighted by atomic mass is 16.5. The lowest BCUT2D eigenvalue weighted by Crippen LogP contribution is -2.37. The Morgan fingerprint density at radius 3 is 2.56 bits per heavy atom. The fourth-order valence-electron chi connectivity index (χ4n) is 1.95. The molecule has 0 atom stereocenters. The first-order chi connectivity index (χ1) is 12.2. The van der Waals surface area contributed by atoms with E-state index in [1.165, 1.54) is 0 Å². The van der Waals surface area contributed by atoms with Gasteiger partial charge < -0.3 is 10.1 Å². The first kappa shape index (κ1) is 18.1. The molecule has 2 amide bonds. The zero-order valence-corrected chi connectivity index (χ0v) is 13.5. The molecule has 0 aliphatic heterocycles. The minimum Gasteiger partial charge on any atom is -0.461 e. The van der Waals surface area contributed by atoms with Crippen LogP contribution in [0.25, 0.3) is 0 Å². The van der Waals surface area contributed by atoms with Crippen molar-refractivity contribution in [3.05, 3.63) is 70.9 Å². The summed E-state index contributed by atoms with van der Waals surface area (Å²) in [5.74, 6) is -0.518. The normalized spacial score (nSPS) is 9.92. The van der Waals surface area contributed by atoms with Crippen LogP contribution in [0.4, 0.5) is 4.79 Å². The molecule has 1 N–H and O–H groups in total. The second-order valence-corrected chi connectivity index (χ2v) is 5.08. The highest BCUT2D eigenvalue weighted by molar-refractivity contribution is 5.75. The van der Waals surface area contributed by atoms with E-state index in [0.29, 0.717) is 10.7 Å². The number of amides is 2. The molecule has 2 aromatic rings. The van der Waals surface area contributed by atoms with Crippen molar-refractivity contribution in [2.75, 3.05) is 6.54 Å². The molecular formula is C17H18N4O4. The monoisotopic (exact) mass is 342 g/mol. The Morgan fingerprint density at radius 1 is 1.12 bits per heavy atom. The Morgan fingerprint density at radius 2 is 1.88 bits per heavy atom. The van der Waals surface area contributed by atoms with E-state index >= 15 is 0 Å². The van der Waals surface area contributed by atoms with Crippen molar-refractivity contribution in [3.8, 4) is 0 Å². The van der Waals surface area contributed by atoms with Crippen LogP contribution in [0, 0.1) is 4.91 Å². The molecule has 0 spiro atoms. The molecule has 8 nitrogen and oxygen atoms in total. The largest absolute Gasteiger partial charge is 0.461 e. The average molecular weight is 342 g/mol. The number of carbonyl (C=O) groups excluding carboxylic acids is 2. The van der Waals surface area contributed by atoms with Crippen molar-refractivity contribution >= 4 is 12.0 Å². The molecule has 0 aliphatic carbocycles. The van der Waals surface area contributed by atoms with Crippen LogP contribution in [0.1, 0.15) is 17.7 Å². The van der Waals surface area contributed by atoms with Gasteiger partial charge in [0.15, 0.2) is 0 Å². The van der Waals surface area contributed by atoms with Gasteiger partial charge in [-0.25, -0.2) is 4.79 Å². The van der Waals surface area contributed by atoms with E-state index in [1.807, 2.05) is 30.3 Å². The highest BCUT2D eigenvalue weighted by Gasteiger charge is 2.16. The summed E-state index contributed by atoms with van der Waals surface area (Å²) in [6, 6.07) is 13.8. The smallest absolute Gasteiger partial charge is 0.340 e. The fourth-order valence-corrected chi connectivity index (χ4v) is 1.95. The molecule has 0 saturated carbocycles. The number of esters is 1. The topological polar surface area (TPSA) is 101 Å². The summed E-state index contributed by atoms with van der Waals surface area (Å²) in [6.45, 7) is 0.134. The van der Waals surface area contributed by atoms with Crippen LogP contribution in [-0.2, 0) is 22.7 Å². The number of nitrogens with one attached hydrogen (secondary N) is 1. The molecule has 0 radical (unpaired) electrons. The summed E-state index contributed by atoms with van der Waals surface area (Å²) < 4.78 is 5.08. The Hall–Kier alpha value is -3.29. The molecule has 8 heteroatoms. The quantitative estimate of drug-likeness (QED) is 0.451. The maximum atomic E-state index is 11.9. The Kier molecular flexibility index (Phi) is 7.05. The Bertz CT molecular complexity index is 694. The molecular weight excluding hydrogens is 324 g/mol. The summed E-state index contributed by atoms with van der Waals surface area (Å²) in [4.78, 5) is 38.4. The van der Waals surface area contributed by atoms with Crippen molar-refractivity contribution in [1.29, 1.82) is 0 Å². The number of rotatable bonds is 8. The summed E-state index contributed by atoms with van der Waals surface area (Å²) >= 11 is 0. The number of hydrogen-bond donors (Lipinski definition) is 1. The molecule has 1 heterocycles. The van der Waals surface area contributed by atoms with E-state index in [4.69, 9.17) is 4.74 Å². The number of aromatic nitrogens is 1. The van der Waals surface area contributed by atoms with Gasteiger partial charge in [-0.05, 0) is 17.7 Å². The lowest BCUT2D eigenvalue weighted by molar-refractivity contribution is -0.145. The van der Waals surface area contributed by atoms with E-state index in [0.717, 1.165) is 5.56 Å². The van der Waals surface area contributed by atoms with Crippen molar-refractivity contribution in [3.63, 3.8) is 0 Å². The van der Waals surface area contributed by atoms with Gasteiger partial charge in [0.05, 0.1) is 30.5 Å². The van der Waals surface area contributed by atoms with Gasteiger partial charge in [0.1, 0.15) is 6.61 Å². The minimum absolute atomic E-state index is 0.129. The molecule has 130 valence electrons. The molecule has 25 heavy (non-hydrogen) atoms. The van der Waals surface area contributed by atoms with Crippen LogP contribution in [0.3, 0.4) is 0 Å². The molecule has 1 aromatic carbocycles.